The van der Waals surface area contributed by atoms with E-state index in [1.807, 2.05) is 36.4 Å². The molecule has 4 heteroatoms. The third-order valence-corrected chi connectivity index (χ3v) is 4.28. The predicted molar refractivity (Wildman–Crippen MR) is 74.8 cm³/mol. The van der Waals surface area contributed by atoms with Gasteiger partial charge in [0.2, 0.25) is 5.91 Å². The van der Waals surface area contributed by atoms with E-state index in [2.05, 4.69) is 11.4 Å². The van der Waals surface area contributed by atoms with Gasteiger partial charge in [-0.2, -0.15) is 5.26 Å². The van der Waals surface area contributed by atoms with Gasteiger partial charge in [0.15, 0.2) is 0 Å². The van der Waals surface area contributed by atoms with E-state index in [0.717, 1.165) is 16.1 Å². The summed E-state index contributed by atoms with van der Waals surface area (Å²) < 4.78 is 0. The molecule has 1 unspecified atom stereocenters. The zero-order valence-electron chi connectivity index (χ0n) is 9.96. The first-order valence-corrected chi connectivity index (χ1v) is 6.72. The second-order valence-corrected chi connectivity index (χ2v) is 5.37. The average molecular weight is 266 g/mol. The summed E-state index contributed by atoms with van der Waals surface area (Å²) in [6.07, 6.45) is 0. The van der Waals surface area contributed by atoms with Gasteiger partial charge in [0.05, 0.1) is 17.3 Å². The van der Waals surface area contributed by atoms with Gasteiger partial charge in [-0.3, -0.25) is 4.79 Å². The van der Waals surface area contributed by atoms with Crippen molar-refractivity contribution >= 4 is 23.4 Å². The number of thioether (sulfide) groups is 1. The van der Waals surface area contributed by atoms with Crippen LogP contribution in [0, 0.1) is 11.3 Å². The molecule has 1 N–H and O–H groups in total. The highest BCUT2D eigenvalue weighted by molar-refractivity contribution is 8.00. The van der Waals surface area contributed by atoms with E-state index >= 15 is 0 Å². The molecular weight excluding hydrogens is 256 g/mol. The summed E-state index contributed by atoms with van der Waals surface area (Å²) in [4.78, 5) is 13.2. The highest BCUT2D eigenvalue weighted by Gasteiger charge is 2.28. The molecule has 0 saturated carbocycles. The van der Waals surface area contributed by atoms with E-state index in [-0.39, 0.29) is 11.2 Å². The Balaban J connectivity index is 1.98. The molecule has 1 atom stereocenters. The number of fused-ring (bicyclic) bond motifs is 1. The zero-order valence-corrected chi connectivity index (χ0v) is 10.8. The first-order chi connectivity index (χ1) is 9.28. The molecule has 0 saturated heterocycles. The first kappa shape index (κ1) is 11.8. The molecule has 0 bridgehead atoms. The summed E-state index contributed by atoms with van der Waals surface area (Å²) in [7, 11) is 0. The number of hydrogen-bond donors (Lipinski definition) is 1. The Kier molecular flexibility index (Phi) is 2.98. The van der Waals surface area contributed by atoms with Crippen LogP contribution in [-0.2, 0) is 4.79 Å². The van der Waals surface area contributed by atoms with Crippen LogP contribution in [0.4, 0.5) is 5.69 Å². The number of nitriles is 1. The number of amides is 1. The van der Waals surface area contributed by atoms with Crippen LogP contribution in [0.2, 0.25) is 0 Å². The fraction of sp³-hybridized carbons (Fsp3) is 0.0667. The van der Waals surface area contributed by atoms with Crippen molar-refractivity contribution in [1.82, 2.24) is 0 Å². The van der Waals surface area contributed by atoms with Crippen molar-refractivity contribution in [1.29, 1.82) is 5.26 Å². The summed E-state index contributed by atoms with van der Waals surface area (Å²) in [5.41, 5.74) is 2.28. The fourth-order valence-corrected chi connectivity index (χ4v) is 3.15. The number of nitrogens with one attached hydrogen (secondary N) is 1. The van der Waals surface area contributed by atoms with Crippen molar-refractivity contribution in [2.45, 2.75) is 10.1 Å². The third-order valence-electron chi connectivity index (χ3n) is 2.95. The van der Waals surface area contributed by atoms with Crippen molar-refractivity contribution in [3.8, 4) is 6.07 Å². The molecule has 0 radical (unpaired) electrons. The molecule has 0 aromatic heterocycles. The Morgan fingerprint density at radius 2 is 2.00 bits per heavy atom. The van der Waals surface area contributed by atoms with Gasteiger partial charge in [0, 0.05) is 4.90 Å². The molecule has 2 aromatic carbocycles. The van der Waals surface area contributed by atoms with Crippen molar-refractivity contribution < 1.29 is 4.79 Å². The maximum absolute atomic E-state index is 12.1. The molecule has 2 aromatic rings. The Labute approximate surface area is 115 Å². The lowest BCUT2D eigenvalue weighted by Crippen LogP contribution is -2.23. The standard InChI is InChI=1S/C15H10N2OS/c16-9-10-4-3-5-11(8-10)14-15(18)17-12-6-1-2-7-13(12)19-14/h1-8,14H,(H,17,18). The molecule has 1 amide bonds. The van der Waals surface area contributed by atoms with Crippen LogP contribution in [0.25, 0.3) is 0 Å². The molecule has 3 nitrogen and oxygen atoms in total. The van der Waals surface area contributed by atoms with E-state index in [4.69, 9.17) is 5.26 Å². The maximum Gasteiger partial charge on any atom is 0.242 e. The number of benzene rings is 2. The molecule has 1 aliphatic heterocycles. The van der Waals surface area contributed by atoms with Crippen molar-refractivity contribution in [3.05, 3.63) is 59.7 Å². The van der Waals surface area contributed by atoms with Gasteiger partial charge in [0.1, 0.15) is 5.25 Å². The van der Waals surface area contributed by atoms with Gasteiger partial charge in [-0.25, -0.2) is 0 Å². The summed E-state index contributed by atoms with van der Waals surface area (Å²) in [6.45, 7) is 0. The lowest BCUT2D eigenvalue weighted by atomic mass is 10.1. The Morgan fingerprint density at radius 3 is 2.84 bits per heavy atom. The van der Waals surface area contributed by atoms with E-state index in [1.54, 1.807) is 12.1 Å². The minimum absolute atomic E-state index is 0.0428. The van der Waals surface area contributed by atoms with E-state index in [1.165, 1.54) is 11.8 Å². The number of nitrogens with zero attached hydrogens (tertiary/aromatic N) is 1. The van der Waals surface area contributed by atoms with Crippen molar-refractivity contribution in [3.63, 3.8) is 0 Å². The number of carbonyl (C=O) groups is 1. The van der Waals surface area contributed by atoms with Gasteiger partial charge in [-0.1, -0.05) is 24.3 Å². The third kappa shape index (κ3) is 2.20. The second kappa shape index (κ2) is 4.79. The van der Waals surface area contributed by atoms with E-state index < -0.39 is 0 Å². The Morgan fingerprint density at radius 1 is 1.16 bits per heavy atom. The molecule has 0 fully saturated rings. The Bertz CT molecular complexity index is 691. The topological polar surface area (TPSA) is 52.9 Å². The second-order valence-electron chi connectivity index (χ2n) is 4.22. The van der Waals surface area contributed by atoms with Crippen LogP contribution < -0.4 is 5.32 Å². The molecule has 1 aliphatic rings. The average Bonchev–Trinajstić information content (AvgIpc) is 2.46. The minimum atomic E-state index is -0.303. The van der Waals surface area contributed by atoms with E-state index in [0.29, 0.717) is 5.56 Å². The first-order valence-electron chi connectivity index (χ1n) is 5.84. The molecule has 3 rings (SSSR count). The molecule has 1 heterocycles. The van der Waals surface area contributed by atoms with Crippen LogP contribution in [0.5, 0.6) is 0 Å². The number of rotatable bonds is 1. The lowest BCUT2D eigenvalue weighted by Gasteiger charge is -2.24. The number of carbonyl (C=O) groups excluding carboxylic acids is 1. The smallest absolute Gasteiger partial charge is 0.242 e. The summed E-state index contributed by atoms with van der Waals surface area (Å²) in [5.74, 6) is -0.0428. The van der Waals surface area contributed by atoms with E-state index in [9.17, 15) is 4.79 Å². The van der Waals surface area contributed by atoms with Gasteiger partial charge in [-0.15, -0.1) is 11.8 Å². The zero-order chi connectivity index (χ0) is 13.2. The summed E-state index contributed by atoms with van der Waals surface area (Å²) in [6, 6.07) is 17.0. The predicted octanol–water partition coefficient (Wildman–Crippen LogP) is 3.34. The van der Waals surface area contributed by atoms with Crippen LogP contribution in [-0.4, -0.2) is 5.91 Å². The normalized spacial score (nSPS) is 17.2. The summed E-state index contributed by atoms with van der Waals surface area (Å²) in [5, 5.41) is 11.5. The SMILES string of the molecule is N#Cc1cccc(C2Sc3ccccc3NC2=O)c1. The van der Waals surface area contributed by atoms with Crippen LogP contribution in [0.15, 0.2) is 53.4 Å². The fourth-order valence-electron chi connectivity index (χ4n) is 2.04. The van der Waals surface area contributed by atoms with Crippen LogP contribution in [0.3, 0.4) is 0 Å². The van der Waals surface area contributed by atoms with Crippen molar-refractivity contribution in [2.75, 3.05) is 5.32 Å². The quantitative estimate of drug-likeness (QED) is 0.861. The Hall–Kier alpha value is -2.25. The molecule has 0 aliphatic carbocycles. The molecular formula is C15H10N2OS. The number of hydrogen-bond acceptors (Lipinski definition) is 3. The van der Waals surface area contributed by atoms with Gasteiger partial charge < -0.3 is 5.32 Å². The van der Waals surface area contributed by atoms with Gasteiger partial charge >= 0.3 is 0 Å². The lowest BCUT2D eigenvalue weighted by molar-refractivity contribution is -0.115. The maximum atomic E-state index is 12.1. The summed E-state index contributed by atoms with van der Waals surface area (Å²) >= 11 is 1.52. The van der Waals surface area contributed by atoms with Crippen LogP contribution in [0.1, 0.15) is 16.4 Å². The minimum Gasteiger partial charge on any atom is -0.324 e. The monoisotopic (exact) mass is 266 g/mol. The van der Waals surface area contributed by atoms with Crippen LogP contribution >= 0.6 is 11.8 Å². The molecule has 19 heavy (non-hydrogen) atoms. The highest BCUT2D eigenvalue weighted by atomic mass is 32.2. The molecule has 92 valence electrons. The number of para-hydroxylation sites is 1. The largest absolute Gasteiger partial charge is 0.324 e. The number of anilines is 1. The highest BCUT2D eigenvalue weighted by Crippen LogP contribution is 2.43. The van der Waals surface area contributed by atoms with Crippen molar-refractivity contribution in [2.24, 2.45) is 0 Å². The molecule has 0 spiro atoms. The van der Waals surface area contributed by atoms with Gasteiger partial charge in [-0.05, 0) is 29.8 Å². The van der Waals surface area contributed by atoms with Gasteiger partial charge in [0.25, 0.3) is 0 Å².